The molecule has 1 heterocycles. The summed E-state index contributed by atoms with van der Waals surface area (Å²) < 4.78 is 15.4. The molecule has 0 radical (unpaired) electrons. The first kappa shape index (κ1) is 14.4. The van der Waals surface area contributed by atoms with Crippen LogP contribution in [0.3, 0.4) is 0 Å². The molecule has 2 rings (SSSR count). The molecular weight excluding hydrogens is 257 g/mol. The van der Waals surface area contributed by atoms with E-state index in [4.69, 9.17) is 0 Å². The summed E-state index contributed by atoms with van der Waals surface area (Å²) in [6.07, 6.45) is 3.71. The van der Waals surface area contributed by atoms with Crippen molar-refractivity contribution in [3.63, 3.8) is 0 Å². The lowest BCUT2D eigenvalue weighted by Crippen LogP contribution is -2.27. The molecule has 1 aromatic carbocycles. The fourth-order valence-electron chi connectivity index (χ4n) is 2.06. The first-order valence-corrected chi connectivity index (χ1v) is 6.46. The summed E-state index contributed by atoms with van der Waals surface area (Å²) in [6, 6.07) is 6.38. The van der Waals surface area contributed by atoms with Crippen LogP contribution >= 0.6 is 0 Å². The van der Waals surface area contributed by atoms with Crippen LogP contribution in [-0.4, -0.2) is 33.8 Å². The van der Waals surface area contributed by atoms with Gasteiger partial charge in [0, 0.05) is 25.9 Å². The molecule has 0 spiro atoms. The van der Waals surface area contributed by atoms with E-state index in [1.54, 1.807) is 24.4 Å². The standard InChI is InChI=1S/C15H18FN3O/c1-18(11-15-17-7-8-19(15)2)10-13(20)9-12-5-3-4-6-14(12)16/h3-8H,9-11H2,1-2H3. The second kappa shape index (κ2) is 6.43. The summed E-state index contributed by atoms with van der Waals surface area (Å²) in [6.45, 7) is 0.869. The summed E-state index contributed by atoms with van der Waals surface area (Å²) in [5.74, 6) is 0.561. The Morgan fingerprint density at radius 3 is 2.80 bits per heavy atom. The number of carbonyl (C=O) groups is 1. The third kappa shape index (κ3) is 3.74. The third-order valence-corrected chi connectivity index (χ3v) is 3.12. The summed E-state index contributed by atoms with van der Waals surface area (Å²) in [5, 5.41) is 0. The van der Waals surface area contributed by atoms with Crippen LogP contribution < -0.4 is 0 Å². The first-order valence-electron chi connectivity index (χ1n) is 6.46. The second-order valence-corrected chi connectivity index (χ2v) is 4.93. The molecule has 20 heavy (non-hydrogen) atoms. The fourth-order valence-corrected chi connectivity index (χ4v) is 2.06. The van der Waals surface area contributed by atoms with E-state index in [0.717, 1.165) is 5.82 Å². The highest BCUT2D eigenvalue weighted by Gasteiger charge is 2.12. The van der Waals surface area contributed by atoms with Gasteiger partial charge < -0.3 is 4.57 Å². The van der Waals surface area contributed by atoms with E-state index in [9.17, 15) is 9.18 Å². The molecule has 5 heteroatoms. The molecule has 0 saturated heterocycles. The molecule has 0 bridgehead atoms. The zero-order valence-corrected chi connectivity index (χ0v) is 11.7. The zero-order valence-electron chi connectivity index (χ0n) is 11.7. The molecule has 0 atom stereocenters. The van der Waals surface area contributed by atoms with E-state index in [-0.39, 0.29) is 24.6 Å². The predicted octanol–water partition coefficient (Wildman–Crippen LogP) is 1.80. The van der Waals surface area contributed by atoms with Gasteiger partial charge in [-0.2, -0.15) is 0 Å². The topological polar surface area (TPSA) is 38.1 Å². The van der Waals surface area contributed by atoms with Gasteiger partial charge in [0.05, 0.1) is 13.1 Å². The largest absolute Gasteiger partial charge is 0.337 e. The Labute approximate surface area is 117 Å². The quantitative estimate of drug-likeness (QED) is 0.807. The smallest absolute Gasteiger partial charge is 0.151 e. The highest BCUT2D eigenvalue weighted by molar-refractivity contribution is 5.82. The lowest BCUT2D eigenvalue weighted by Gasteiger charge is -2.15. The van der Waals surface area contributed by atoms with Gasteiger partial charge in [0.2, 0.25) is 0 Å². The Kier molecular flexibility index (Phi) is 4.63. The number of aryl methyl sites for hydroxylation is 1. The average Bonchev–Trinajstić information content (AvgIpc) is 2.77. The molecule has 0 aliphatic heterocycles. The van der Waals surface area contributed by atoms with Crippen molar-refractivity contribution in [3.05, 3.63) is 53.9 Å². The minimum absolute atomic E-state index is 0.00758. The number of likely N-dealkylation sites (N-methyl/N-ethyl adjacent to an activating group) is 1. The lowest BCUT2D eigenvalue weighted by atomic mass is 10.1. The van der Waals surface area contributed by atoms with Gasteiger partial charge in [0.25, 0.3) is 0 Å². The number of hydrogen-bond donors (Lipinski definition) is 0. The Bertz CT molecular complexity index is 594. The molecule has 106 valence electrons. The van der Waals surface area contributed by atoms with E-state index in [0.29, 0.717) is 12.1 Å². The van der Waals surface area contributed by atoms with Crippen molar-refractivity contribution in [2.75, 3.05) is 13.6 Å². The van der Waals surface area contributed by atoms with Crippen molar-refractivity contribution in [1.29, 1.82) is 0 Å². The molecular formula is C15H18FN3O. The molecule has 0 fully saturated rings. The van der Waals surface area contributed by atoms with Crippen LogP contribution in [0.15, 0.2) is 36.7 Å². The van der Waals surface area contributed by atoms with Crippen LogP contribution in [-0.2, 0) is 24.8 Å². The van der Waals surface area contributed by atoms with Crippen LogP contribution in [0.25, 0.3) is 0 Å². The number of nitrogens with zero attached hydrogens (tertiary/aromatic N) is 3. The molecule has 0 amide bonds. The average molecular weight is 275 g/mol. The molecule has 0 unspecified atom stereocenters. The maximum atomic E-state index is 13.5. The van der Waals surface area contributed by atoms with Gasteiger partial charge in [-0.3, -0.25) is 9.69 Å². The highest BCUT2D eigenvalue weighted by Crippen LogP contribution is 2.08. The van der Waals surface area contributed by atoms with Gasteiger partial charge in [-0.15, -0.1) is 0 Å². The van der Waals surface area contributed by atoms with E-state index < -0.39 is 0 Å². The molecule has 1 aromatic heterocycles. The van der Waals surface area contributed by atoms with Gasteiger partial charge in [-0.05, 0) is 18.7 Å². The van der Waals surface area contributed by atoms with Crippen molar-refractivity contribution < 1.29 is 9.18 Å². The highest BCUT2D eigenvalue weighted by atomic mass is 19.1. The summed E-state index contributed by atoms with van der Waals surface area (Å²) in [5.41, 5.74) is 0.447. The lowest BCUT2D eigenvalue weighted by molar-refractivity contribution is -0.119. The number of benzene rings is 1. The number of ketones is 1. The zero-order chi connectivity index (χ0) is 14.5. The van der Waals surface area contributed by atoms with Gasteiger partial charge in [0.15, 0.2) is 5.78 Å². The molecule has 0 aliphatic rings. The number of Topliss-reactive ketones (excluding diaryl/α,β-unsaturated/α-hetero) is 1. The molecule has 0 N–H and O–H groups in total. The van der Waals surface area contributed by atoms with Crippen molar-refractivity contribution in [1.82, 2.24) is 14.5 Å². The maximum Gasteiger partial charge on any atom is 0.151 e. The third-order valence-electron chi connectivity index (χ3n) is 3.12. The number of aromatic nitrogens is 2. The van der Waals surface area contributed by atoms with Crippen molar-refractivity contribution in [2.45, 2.75) is 13.0 Å². The van der Waals surface area contributed by atoms with E-state index in [2.05, 4.69) is 4.98 Å². The number of carbonyl (C=O) groups excluding carboxylic acids is 1. The normalized spacial score (nSPS) is 11.0. The molecule has 4 nitrogen and oxygen atoms in total. The minimum Gasteiger partial charge on any atom is -0.337 e. The minimum atomic E-state index is -0.326. The van der Waals surface area contributed by atoms with Gasteiger partial charge in [0.1, 0.15) is 11.6 Å². The van der Waals surface area contributed by atoms with Crippen LogP contribution in [0.2, 0.25) is 0 Å². The predicted molar refractivity (Wildman–Crippen MR) is 74.7 cm³/mol. The summed E-state index contributed by atoms with van der Waals surface area (Å²) in [4.78, 5) is 18.0. The van der Waals surface area contributed by atoms with E-state index in [1.165, 1.54) is 6.07 Å². The van der Waals surface area contributed by atoms with E-state index in [1.807, 2.05) is 29.8 Å². The second-order valence-electron chi connectivity index (χ2n) is 4.93. The van der Waals surface area contributed by atoms with E-state index >= 15 is 0 Å². The fraction of sp³-hybridized carbons (Fsp3) is 0.333. The van der Waals surface area contributed by atoms with Crippen LogP contribution in [0.5, 0.6) is 0 Å². The maximum absolute atomic E-state index is 13.5. The van der Waals surface area contributed by atoms with Gasteiger partial charge >= 0.3 is 0 Å². The monoisotopic (exact) mass is 275 g/mol. The number of imidazole rings is 1. The van der Waals surface area contributed by atoms with Gasteiger partial charge in [-0.25, -0.2) is 9.37 Å². The number of rotatable bonds is 6. The summed E-state index contributed by atoms with van der Waals surface area (Å²) in [7, 11) is 3.77. The first-order chi connectivity index (χ1) is 9.56. The Balaban J connectivity index is 1.88. The Hall–Kier alpha value is -2.01. The van der Waals surface area contributed by atoms with Crippen molar-refractivity contribution in [2.24, 2.45) is 7.05 Å². The van der Waals surface area contributed by atoms with Crippen molar-refractivity contribution >= 4 is 5.78 Å². The van der Waals surface area contributed by atoms with Crippen LogP contribution in [0.4, 0.5) is 4.39 Å². The van der Waals surface area contributed by atoms with Crippen LogP contribution in [0.1, 0.15) is 11.4 Å². The Morgan fingerprint density at radius 1 is 1.40 bits per heavy atom. The molecule has 0 saturated carbocycles. The van der Waals surface area contributed by atoms with Crippen LogP contribution in [0, 0.1) is 5.82 Å². The number of halogens is 1. The SMILES string of the molecule is CN(CC(=O)Cc1ccccc1F)Cc1nccn1C. The van der Waals surface area contributed by atoms with Crippen molar-refractivity contribution in [3.8, 4) is 0 Å². The van der Waals surface area contributed by atoms with Gasteiger partial charge in [-0.1, -0.05) is 18.2 Å². The molecule has 2 aromatic rings. The number of hydrogen-bond acceptors (Lipinski definition) is 3. The Morgan fingerprint density at radius 2 is 2.15 bits per heavy atom. The molecule has 0 aliphatic carbocycles. The summed E-state index contributed by atoms with van der Waals surface area (Å²) >= 11 is 0.